The van der Waals surface area contributed by atoms with E-state index in [1.54, 1.807) is 6.20 Å². The number of hydrogen-bond acceptors (Lipinski definition) is 3. The molecule has 1 saturated heterocycles. The summed E-state index contributed by atoms with van der Waals surface area (Å²) in [6, 6.07) is 13.7. The van der Waals surface area contributed by atoms with Gasteiger partial charge in [-0.25, -0.2) is 4.98 Å². The van der Waals surface area contributed by atoms with Crippen molar-refractivity contribution >= 4 is 11.7 Å². The molecule has 0 aliphatic carbocycles. The molecule has 2 aromatic rings. The van der Waals surface area contributed by atoms with Crippen LogP contribution >= 0.6 is 0 Å². The molecule has 2 heterocycles. The molecule has 4 heteroatoms. The highest BCUT2D eigenvalue weighted by atomic mass is 16.1. The molecule has 1 atom stereocenters. The summed E-state index contributed by atoms with van der Waals surface area (Å²) in [6.07, 6.45) is 6.62. The lowest BCUT2D eigenvalue weighted by atomic mass is 10.1. The number of rotatable bonds is 4. The first-order chi connectivity index (χ1) is 11.8. The van der Waals surface area contributed by atoms with Crippen LogP contribution in [0.4, 0.5) is 5.82 Å². The van der Waals surface area contributed by atoms with E-state index in [1.807, 2.05) is 49.4 Å². The van der Waals surface area contributed by atoms with Gasteiger partial charge in [-0.05, 0) is 37.5 Å². The van der Waals surface area contributed by atoms with E-state index in [9.17, 15) is 4.79 Å². The van der Waals surface area contributed by atoms with Gasteiger partial charge in [0.1, 0.15) is 5.82 Å². The molecular formula is C20H25N3O. The van der Waals surface area contributed by atoms with E-state index in [2.05, 4.69) is 15.2 Å². The van der Waals surface area contributed by atoms with E-state index in [0.717, 1.165) is 37.3 Å². The summed E-state index contributed by atoms with van der Waals surface area (Å²) in [5.74, 6) is 0.760. The molecular weight excluding hydrogens is 298 g/mol. The lowest BCUT2D eigenvalue weighted by Crippen LogP contribution is -2.31. The number of amides is 1. The number of nitrogens with one attached hydrogen (secondary N) is 1. The summed E-state index contributed by atoms with van der Waals surface area (Å²) in [5.41, 5.74) is 1.77. The van der Waals surface area contributed by atoms with E-state index < -0.39 is 0 Å². The quantitative estimate of drug-likeness (QED) is 0.926. The number of pyridine rings is 1. The predicted octanol–water partition coefficient (Wildman–Crippen LogP) is 3.95. The van der Waals surface area contributed by atoms with Crippen molar-refractivity contribution in [3.8, 4) is 0 Å². The van der Waals surface area contributed by atoms with Crippen LogP contribution < -0.4 is 10.2 Å². The highest BCUT2D eigenvalue weighted by molar-refractivity contribution is 5.99. The zero-order valence-corrected chi connectivity index (χ0v) is 14.2. The number of anilines is 1. The second-order valence-corrected chi connectivity index (χ2v) is 6.38. The largest absolute Gasteiger partial charge is 0.356 e. The summed E-state index contributed by atoms with van der Waals surface area (Å²) >= 11 is 0. The fraction of sp³-hybridized carbons (Fsp3) is 0.400. The van der Waals surface area contributed by atoms with Crippen LogP contribution in [-0.4, -0.2) is 24.0 Å². The van der Waals surface area contributed by atoms with Crippen molar-refractivity contribution in [1.82, 2.24) is 10.3 Å². The van der Waals surface area contributed by atoms with Crippen LogP contribution in [0.15, 0.2) is 48.7 Å². The van der Waals surface area contributed by atoms with Crippen LogP contribution in [0.3, 0.4) is 0 Å². The number of aromatic nitrogens is 1. The van der Waals surface area contributed by atoms with Crippen molar-refractivity contribution in [3.05, 3.63) is 59.8 Å². The number of carbonyl (C=O) groups excluding carboxylic acids is 1. The minimum absolute atomic E-state index is 0.0316. The maximum Gasteiger partial charge on any atom is 0.255 e. The van der Waals surface area contributed by atoms with Crippen molar-refractivity contribution in [2.75, 3.05) is 18.0 Å². The number of carbonyl (C=O) groups is 1. The van der Waals surface area contributed by atoms with E-state index >= 15 is 0 Å². The summed E-state index contributed by atoms with van der Waals surface area (Å²) in [4.78, 5) is 19.6. The van der Waals surface area contributed by atoms with Gasteiger partial charge in [0, 0.05) is 19.3 Å². The third-order valence-corrected chi connectivity index (χ3v) is 4.58. The Morgan fingerprint density at radius 2 is 1.75 bits per heavy atom. The molecule has 3 rings (SSSR count). The van der Waals surface area contributed by atoms with E-state index in [-0.39, 0.29) is 11.9 Å². The van der Waals surface area contributed by atoms with Gasteiger partial charge in [0.25, 0.3) is 5.91 Å². The molecule has 1 unspecified atom stereocenters. The Balaban J connectivity index is 1.77. The monoisotopic (exact) mass is 323 g/mol. The molecule has 1 fully saturated rings. The van der Waals surface area contributed by atoms with Crippen molar-refractivity contribution in [1.29, 1.82) is 0 Å². The van der Waals surface area contributed by atoms with Crippen LogP contribution in [0.2, 0.25) is 0 Å². The van der Waals surface area contributed by atoms with Gasteiger partial charge in [0.05, 0.1) is 11.6 Å². The summed E-state index contributed by atoms with van der Waals surface area (Å²) in [5, 5.41) is 3.10. The van der Waals surface area contributed by atoms with Gasteiger partial charge in [-0.3, -0.25) is 4.79 Å². The molecule has 0 bridgehead atoms. The average molecular weight is 323 g/mol. The third kappa shape index (κ3) is 3.94. The second-order valence-electron chi connectivity index (χ2n) is 6.38. The first-order valence-electron chi connectivity index (χ1n) is 8.81. The lowest BCUT2D eigenvalue weighted by Gasteiger charge is -2.24. The Bertz CT molecular complexity index is 664. The van der Waals surface area contributed by atoms with Crippen LogP contribution in [0.25, 0.3) is 0 Å². The normalized spacial score (nSPS) is 16.3. The van der Waals surface area contributed by atoms with Gasteiger partial charge in [0.15, 0.2) is 0 Å². The van der Waals surface area contributed by atoms with Crippen LogP contribution in [-0.2, 0) is 0 Å². The number of nitrogens with zero attached hydrogens (tertiary/aromatic N) is 2. The highest BCUT2D eigenvalue weighted by Gasteiger charge is 2.20. The van der Waals surface area contributed by atoms with Crippen LogP contribution in [0.5, 0.6) is 0 Å². The number of hydrogen-bond donors (Lipinski definition) is 1. The Morgan fingerprint density at radius 1 is 1.04 bits per heavy atom. The van der Waals surface area contributed by atoms with Crippen molar-refractivity contribution < 1.29 is 4.79 Å². The van der Waals surface area contributed by atoms with Crippen molar-refractivity contribution in [2.24, 2.45) is 0 Å². The first-order valence-corrected chi connectivity index (χ1v) is 8.81. The molecule has 1 aromatic carbocycles. The lowest BCUT2D eigenvalue weighted by molar-refractivity contribution is 0.0940. The minimum atomic E-state index is -0.0568. The van der Waals surface area contributed by atoms with Gasteiger partial charge >= 0.3 is 0 Å². The fourth-order valence-electron chi connectivity index (χ4n) is 3.21. The summed E-state index contributed by atoms with van der Waals surface area (Å²) < 4.78 is 0. The first kappa shape index (κ1) is 16.5. The maximum atomic E-state index is 12.8. The Labute approximate surface area is 143 Å². The molecule has 126 valence electrons. The smallest absolute Gasteiger partial charge is 0.255 e. The molecule has 4 nitrogen and oxygen atoms in total. The molecule has 0 saturated carbocycles. The van der Waals surface area contributed by atoms with Gasteiger partial charge in [0.2, 0.25) is 0 Å². The predicted molar refractivity (Wildman–Crippen MR) is 97.2 cm³/mol. The average Bonchev–Trinajstić information content (AvgIpc) is 2.91. The molecule has 1 amide bonds. The van der Waals surface area contributed by atoms with E-state index in [1.165, 1.54) is 12.8 Å². The summed E-state index contributed by atoms with van der Waals surface area (Å²) in [6.45, 7) is 3.96. The minimum Gasteiger partial charge on any atom is -0.356 e. The van der Waals surface area contributed by atoms with Gasteiger partial charge in [-0.1, -0.05) is 43.2 Å². The standard InChI is InChI=1S/C20H25N3O/c1-16(17-10-5-4-6-11-17)22-20(24)18-12-9-13-21-19(18)23-14-7-2-3-8-15-23/h4-6,9-13,16H,2-3,7-8,14-15H2,1H3,(H,22,24). The van der Waals surface area contributed by atoms with Crippen LogP contribution in [0.1, 0.15) is 54.6 Å². The van der Waals surface area contributed by atoms with Gasteiger partial charge < -0.3 is 10.2 Å². The molecule has 0 spiro atoms. The zero-order chi connectivity index (χ0) is 16.8. The topological polar surface area (TPSA) is 45.2 Å². The van der Waals surface area contributed by atoms with Crippen molar-refractivity contribution in [2.45, 2.75) is 38.6 Å². The molecule has 0 radical (unpaired) electrons. The Kier molecular flexibility index (Phi) is 5.47. The third-order valence-electron chi connectivity index (χ3n) is 4.58. The molecule has 1 aromatic heterocycles. The Hall–Kier alpha value is -2.36. The second kappa shape index (κ2) is 7.95. The van der Waals surface area contributed by atoms with Gasteiger partial charge in [-0.15, -0.1) is 0 Å². The summed E-state index contributed by atoms with van der Waals surface area (Å²) in [7, 11) is 0. The molecule has 1 aliphatic rings. The number of benzene rings is 1. The molecule has 1 N–H and O–H groups in total. The molecule has 24 heavy (non-hydrogen) atoms. The van der Waals surface area contributed by atoms with Gasteiger partial charge in [-0.2, -0.15) is 0 Å². The Morgan fingerprint density at radius 3 is 2.46 bits per heavy atom. The maximum absolute atomic E-state index is 12.8. The highest BCUT2D eigenvalue weighted by Crippen LogP contribution is 2.22. The van der Waals surface area contributed by atoms with E-state index in [0.29, 0.717) is 5.56 Å². The van der Waals surface area contributed by atoms with Crippen molar-refractivity contribution in [3.63, 3.8) is 0 Å². The van der Waals surface area contributed by atoms with E-state index in [4.69, 9.17) is 0 Å². The fourth-order valence-corrected chi connectivity index (χ4v) is 3.21. The van der Waals surface area contributed by atoms with Crippen LogP contribution in [0, 0.1) is 0 Å². The SMILES string of the molecule is CC(NC(=O)c1cccnc1N1CCCCCC1)c1ccccc1. The zero-order valence-electron chi connectivity index (χ0n) is 14.2. The molecule has 1 aliphatic heterocycles.